The van der Waals surface area contributed by atoms with Gasteiger partial charge in [-0.1, -0.05) is 32.9 Å². The molecule has 4 nitrogen and oxygen atoms in total. The summed E-state index contributed by atoms with van der Waals surface area (Å²) in [5.41, 5.74) is 1.14. The molecular formula is C15H24N2O2. The Kier molecular flexibility index (Phi) is 5.67. The normalized spacial score (nSPS) is 10.9. The highest BCUT2D eigenvalue weighted by Crippen LogP contribution is 2.12. The van der Waals surface area contributed by atoms with Crippen molar-refractivity contribution < 1.29 is 9.53 Å². The summed E-state index contributed by atoms with van der Waals surface area (Å²) in [6.45, 7) is 10.0. The minimum Gasteiger partial charge on any atom is -0.494 e. The van der Waals surface area contributed by atoms with Gasteiger partial charge in [0.2, 0.25) is 0 Å². The first-order valence-electron chi connectivity index (χ1n) is 6.64. The number of amides is 2. The van der Waals surface area contributed by atoms with Gasteiger partial charge in [0.05, 0.1) is 6.61 Å². The fourth-order valence-electron chi connectivity index (χ4n) is 1.46. The number of benzene rings is 1. The maximum atomic E-state index is 11.6. The summed E-state index contributed by atoms with van der Waals surface area (Å²) >= 11 is 0. The van der Waals surface area contributed by atoms with Gasteiger partial charge in [-0.25, -0.2) is 4.79 Å². The highest BCUT2D eigenvalue weighted by Gasteiger charge is 2.11. The maximum Gasteiger partial charge on any atom is 0.315 e. The number of ether oxygens (including phenoxy) is 1. The molecule has 1 aromatic rings. The molecule has 0 unspecified atom stereocenters. The zero-order valence-electron chi connectivity index (χ0n) is 12.2. The number of hydrogen-bond acceptors (Lipinski definition) is 2. The lowest BCUT2D eigenvalue weighted by Crippen LogP contribution is -2.39. The van der Waals surface area contributed by atoms with Crippen LogP contribution in [0.5, 0.6) is 5.75 Å². The number of hydrogen-bond donors (Lipinski definition) is 2. The molecule has 0 saturated carbocycles. The smallest absolute Gasteiger partial charge is 0.315 e. The fourth-order valence-corrected chi connectivity index (χ4v) is 1.46. The molecule has 0 bridgehead atoms. The Hall–Kier alpha value is -1.71. The highest BCUT2D eigenvalue weighted by atomic mass is 16.5. The first kappa shape index (κ1) is 15.3. The molecule has 4 heteroatoms. The topological polar surface area (TPSA) is 50.4 Å². The molecule has 19 heavy (non-hydrogen) atoms. The third-order valence-electron chi connectivity index (χ3n) is 2.47. The van der Waals surface area contributed by atoms with Gasteiger partial charge in [-0.05, 0) is 30.0 Å². The van der Waals surface area contributed by atoms with Gasteiger partial charge < -0.3 is 15.4 Å². The van der Waals surface area contributed by atoms with E-state index < -0.39 is 0 Å². The summed E-state index contributed by atoms with van der Waals surface area (Å²) in [5.74, 6) is 0.850. The molecule has 1 aromatic carbocycles. The Labute approximate surface area is 115 Å². The van der Waals surface area contributed by atoms with E-state index in [1.807, 2.05) is 31.2 Å². The summed E-state index contributed by atoms with van der Waals surface area (Å²) in [6, 6.07) is 7.59. The monoisotopic (exact) mass is 264 g/mol. The quantitative estimate of drug-likeness (QED) is 0.859. The van der Waals surface area contributed by atoms with Gasteiger partial charge in [-0.15, -0.1) is 0 Å². The van der Waals surface area contributed by atoms with Crippen molar-refractivity contribution in [2.75, 3.05) is 13.2 Å². The van der Waals surface area contributed by atoms with E-state index in [0.717, 1.165) is 11.3 Å². The summed E-state index contributed by atoms with van der Waals surface area (Å²) in [6.07, 6.45) is 0. The molecule has 0 heterocycles. The van der Waals surface area contributed by atoms with Crippen LogP contribution < -0.4 is 15.4 Å². The predicted octanol–water partition coefficient (Wildman–Crippen LogP) is 2.93. The van der Waals surface area contributed by atoms with E-state index in [1.165, 1.54) is 0 Å². The van der Waals surface area contributed by atoms with Crippen LogP contribution in [-0.4, -0.2) is 19.2 Å². The molecule has 0 aliphatic rings. The SMILES string of the molecule is CCOc1ccc(CNC(=O)NCC(C)(C)C)cc1. The standard InChI is InChI=1S/C15H24N2O2/c1-5-19-13-8-6-12(7-9-13)10-16-14(18)17-11-15(2,3)4/h6-9H,5,10-11H2,1-4H3,(H2,16,17,18). The minimum atomic E-state index is -0.135. The largest absolute Gasteiger partial charge is 0.494 e. The first-order chi connectivity index (χ1) is 8.90. The van der Waals surface area contributed by atoms with Crippen LogP contribution in [0.2, 0.25) is 0 Å². The number of carbonyl (C=O) groups is 1. The van der Waals surface area contributed by atoms with Gasteiger partial charge in [0, 0.05) is 13.1 Å². The molecule has 2 amide bonds. The molecule has 0 aromatic heterocycles. The van der Waals surface area contributed by atoms with E-state index in [9.17, 15) is 4.79 Å². The number of nitrogens with one attached hydrogen (secondary N) is 2. The lowest BCUT2D eigenvalue weighted by Gasteiger charge is -2.18. The summed E-state index contributed by atoms with van der Waals surface area (Å²) in [4.78, 5) is 11.6. The Morgan fingerprint density at radius 3 is 2.32 bits per heavy atom. The van der Waals surface area contributed by atoms with Gasteiger partial charge >= 0.3 is 6.03 Å². The second kappa shape index (κ2) is 7.02. The number of urea groups is 1. The van der Waals surface area contributed by atoms with Crippen molar-refractivity contribution in [3.63, 3.8) is 0 Å². The zero-order chi connectivity index (χ0) is 14.3. The van der Waals surface area contributed by atoms with Crippen molar-refractivity contribution in [3.05, 3.63) is 29.8 Å². The van der Waals surface area contributed by atoms with Crippen LogP contribution in [0.4, 0.5) is 4.79 Å². The fraction of sp³-hybridized carbons (Fsp3) is 0.533. The van der Waals surface area contributed by atoms with Crippen LogP contribution >= 0.6 is 0 Å². The second-order valence-corrected chi connectivity index (χ2v) is 5.67. The van der Waals surface area contributed by atoms with Crippen LogP contribution in [0.15, 0.2) is 24.3 Å². The van der Waals surface area contributed by atoms with Crippen molar-refractivity contribution in [1.29, 1.82) is 0 Å². The molecule has 0 saturated heterocycles. The second-order valence-electron chi connectivity index (χ2n) is 5.67. The van der Waals surface area contributed by atoms with Crippen LogP contribution in [0.1, 0.15) is 33.3 Å². The van der Waals surface area contributed by atoms with Gasteiger partial charge in [0.1, 0.15) is 5.75 Å². The molecule has 0 atom stereocenters. The Morgan fingerprint density at radius 2 is 1.79 bits per heavy atom. The molecule has 0 radical (unpaired) electrons. The highest BCUT2D eigenvalue weighted by molar-refractivity contribution is 5.73. The number of rotatable bonds is 5. The summed E-state index contributed by atoms with van der Waals surface area (Å²) < 4.78 is 5.36. The van der Waals surface area contributed by atoms with Crippen molar-refractivity contribution in [1.82, 2.24) is 10.6 Å². The van der Waals surface area contributed by atoms with Gasteiger partial charge in [-0.2, -0.15) is 0 Å². The molecule has 0 aliphatic heterocycles. The average Bonchev–Trinajstić information content (AvgIpc) is 2.35. The lowest BCUT2D eigenvalue weighted by atomic mass is 9.97. The Morgan fingerprint density at radius 1 is 1.16 bits per heavy atom. The molecule has 0 spiro atoms. The van der Waals surface area contributed by atoms with Crippen LogP contribution in [-0.2, 0) is 6.54 Å². The molecular weight excluding hydrogens is 240 g/mol. The van der Waals surface area contributed by atoms with Crippen molar-refractivity contribution in [2.24, 2.45) is 5.41 Å². The number of carbonyl (C=O) groups excluding carboxylic acids is 1. The Balaban J connectivity index is 2.33. The third kappa shape index (κ3) is 6.70. The lowest BCUT2D eigenvalue weighted by molar-refractivity contribution is 0.235. The van der Waals surface area contributed by atoms with E-state index in [2.05, 4.69) is 31.4 Å². The van der Waals surface area contributed by atoms with Crippen LogP contribution in [0, 0.1) is 5.41 Å². The van der Waals surface area contributed by atoms with Gasteiger partial charge in [0.15, 0.2) is 0 Å². The van der Waals surface area contributed by atoms with E-state index in [4.69, 9.17) is 4.74 Å². The van der Waals surface area contributed by atoms with Gasteiger partial charge in [0.25, 0.3) is 0 Å². The minimum absolute atomic E-state index is 0.0937. The zero-order valence-corrected chi connectivity index (χ0v) is 12.2. The summed E-state index contributed by atoms with van der Waals surface area (Å²) in [5, 5.41) is 5.68. The molecule has 106 valence electrons. The average molecular weight is 264 g/mol. The molecule has 1 rings (SSSR count). The maximum absolute atomic E-state index is 11.6. The van der Waals surface area contributed by atoms with Crippen LogP contribution in [0.25, 0.3) is 0 Å². The van der Waals surface area contributed by atoms with Crippen LogP contribution in [0.3, 0.4) is 0 Å². The van der Waals surface area contributed by atoms with E-state index in [1.54, 1.807) is 0 Å². The van der Waals surface area contributed by atoms with E-state index >= 15 is 0 Å². The molecule has 2 N–H and O–H groups in total. The van der Waals surface area contributed by atoms with Crippen molar-refractivity contribution in [2.45, 2.75) is 34.2 Å². The van der Waals surface area contributed by atoms with E-state index in [-0.39, 0.29) is 11.4 Å². The van der Waals surface area contributed by atoms with Crippen molar-refractivity contribution >= 4 is 6.03 Å². The summed E-state index contributed by atoms with van der Waals surface area (Å²) in [7, 11) is 0. The van der Waals surface area contributed by atoms with Crippen molar-refractivity contribution in [3.8, 4) is 5.75 Å². The third-order valence-corrected chi connectivity index (χ3v) is 2.47. The van der Waals surface area contributed by atoms with E-state index in [0.29, 0.717) is 19.7 Å². The predicted molar refractivity (Wildman–Crippen MR) is 77.3 cm³/mol. The first-order valence-corrected chi connectivity index (χ1v) is 6.64. The molecule has 0 aliphatic carbocycles. The molecule has 0 fully saturated rings. The van der Waals surface area contributed by atoms with Gasteiger partial charge in [-0.3, -0.25) is 0 Å². The Bertz CT molecular complexity index is 394.